The normalized spacial score (nSPS) is 10.3. The van der Waals surface area contributed by atoms with Crippen molar-refractivity contribution >= 4 is 52.3 Å². The fraction of sp³-hybridized carbons (Fsp3) is 0.188. The monoisotopic (exact) mass is 385 g/mol. The number of aromatic nitrogens is 1. The molecule has 8 heteroatoms. The minimum Gasteiger partial charge on any atom is -0.352 e. The highest BCUT2D eigenvalue weighted by molar-refractivity contribution is 6.35. The highest BCUT2D eigenvalue weighted by Gasteiger charge is 2.15. The van der Waals surface area contributed by atoms with Gasteiger partial charge in [-0.1, -0.05) is 41.7 Å². The van der Waals surface area contributed by atoms with E-state index in [1.165, 1.54) is 24.3 Å². The van der Waals surface area contributed by atoms with Gasteiger partial charge in [0.15, 0.2) is 0 Å². The summed E-state index contributed by atoms with van der Waals surface area (Å²) >= 11 is 17.8. The Kier molecular flexibility index (Phi) is 6.43. The Balaban J connectivity index is 2.16. The average molecular weight is 387 g/mol. The van der Waals surface area contributed by atoms with Crippen LogP contribution in [0.25, 0.3) is 0 Å². The molecule has 5 nitrogen and oxygen atoms in total. The average Bonchev–Trinajstić information content (AvgIpc) is 2.54. The summed E-state index contributed by atoms with van der Waals surface area (Å²) in [5.41, 5.74) is 0.752. The van der Waals surface area contributed by atoms with Gasteiger partial charge in [0.05, 0.1) is 15.6 Å². The topological polar surface area (TPSA) is 71.1 Å². The minimum absolute atomic E-state index is 0.00468. The van der Waals surface area contributed by atoms with Gasteiger partial charge in [-0.3, -0.25) is 9.59 Å². The lowest BCUT2D eigenvalue weighted by molar-refractivity contribution is 0.0953. The SMILES string of the molecule is CCCNC(=O)c1ccc(NC(=O)c2nc(Cl)ccc2Cl)cc1Cl. The molecule has 2 amide bonds. The highest BCUT2D eigenvalue weighted by Crippen LogP contribution is 2.23. The molecule has 1 aromatic carbocycles. The van der Waals surface area contributed by atoms with Crippen LogP contribution in [-0.4, -0.2) is 23.3 Å². The molecule has 0 saturated carbocycles. The van der Waals surface area contributed by atoms with Crippen molar-refractivity contribution < 1.29 is 9.59 Å². The van der Waals surface area contributed by atoms with Crippen LogP contribution in [0.5, 0.6) is 0 Å². The number of rotatable bonds is 5. The van der Waals surface area contributed by atoms with Crippen LogP contribution >= 0.6 is 34.8 Å². The summed E-state index contributed by atoms with van der Waals surface area (Å²) in [6.07, 6.45) is 0.824. The van der Waals surface area contributed by atoms with E-state index in [9.17, 15) is 9.59 Å². The summed E-state index contributed by atoms with van der Waals surface area (Å²) in [5.74, 6) is -0.791. The van der Waals surface area contributed by atoms with Crippen LogP contribution in [0.4, 0.5) is 5.69 Å². The molecule has 1 heterocycles. The van der Waals surface area contributed by atoms with Crippen molar-refractivity contribution in [1.82, 2.24) is 10.3 Å². The largest absolute Gasteiger partial charge is 0.352 e. The van der Waals surface area contributed by atoms with Crippen molar-refractivity contribution in [3.63, 3.8) is 0 Å². The van der Waals surface area contributed by atoms with Gasteiger partial charge in [0.1, 0.15) is 10.8 Å². The van der Waals surface area contributed by atoms with Gasteiger partial charge in [-0.2, -0.15) is 0 Å². The summed E-state index contributed by atoms with van der Waals surface area (Å²) in [4.78, 5) is 28.1. The molecule has 0 spiro atoms. The maximum Gasteiger partial charge on any atom is 0.275 e. The molecule has 1 aromatic heterocycles. The van der Waals surface area contributed by atoms with Crippen molar-refractivity contribution in [2.75, 3.05) is 11.9 Å². The van der Waals surface area contributed by atoms with E-state index < -0.39 is 5.91 Å². The molecule has 2 aromatic rings. The first-order valence-electron chi connectivity index (χ1n) is 7.13. The number of pyridine rings is 1. The van der Waals surface area contributed by atoms with Crippen molar-refractivity contribution in [1.29, 1.82) is 0 Å². The lowest BCUT2D eigenvalue weighted by Gasteiger charge is -2.09. The number of carbonyl (C=O) groups excluding carboxylic acids is 2. The predicted octanol–water partition coefficient (Wildman–Crippen LogP) is 4.43. The Hall–Kier alpha value is -1.82. The van der Waals surface area contributed by atoms with Crippen molar-refractivity contribution in [2.24, 2.45) is 0 Å². The first-order valence-corrected chi connectivity index (χ1v) is 8.27. The van der Waals surface area contributed by atoms with Gasteiger partial charge in [0.2, 0.25) is 0 Å². The fourth-order valence-electron chi connectivity index (χ4n) is 1.88. The Labute approximate surface area is 154 Å². The number of benzene rings is 1. The van der Waals surface area contributed by atoms with Crippen LogP contribution in [0.1, 0.15) is 34.2 Å². The second-order valence-electron chi connectivity index (χ2n) is 4.87. The number of nitrogens with one attached hydrogen (secondary N) is 2. The smallest absolute Gasteiger partial charge is 0.275 e. The van der Waals surface area contributed by atoms with Crippen LogP contribution in [0.15, 0.2) is 30.3 Å². The van der Waals surface area contributed by atoms with Crippen LogP contribution in [0.3, 0.4) is 0 Å². The number of nitrogens with zero attached hydrogens (tertiary/aromatic N) is 1. The standard InChI is InChI=1S/C16H14Cl3N3O2/c1-2-7-20-15(23)10-4-3-9(8-12(10)18)21-16(24)14-11(17)5-6-13(19)22-14/h3-6,8H,2,7H2,1H3,(H,20,23)(H,21,24). The quantitative estimate of drug-likeness (QED) is 0.747. The molecule has 0 saturated heterocycles. The van der Waals surface area contributed by atoms with Gasteiger partial charge in [-0.05, 0) is 36.8 Å². The van der Waals surface area contributed by atoms with Crippen LogP contribution in [0, 0.1) is 0 Å². The number of hydrogen-bond donors (Lipinski definition) is 2. The van der Waals surface area contributed by atoms with Crippen molar-refractivity contribution in [3.05, 3.63) is 56.8 Å². The van der Waals surface area contributed by atoms with Gasteiger partial charge in [0, 0.05) is 12.2 Å². The zero-order valence-corrected chi connectivity index (χ0v) is 15.0. The second-order valence-corrected chi connectivity index (χ2v) is 6.07. The van der Waals surface area contributed by atoms with Gasteiger partial charge < -0.3 is 10.6 Å². The van der Waals surface area contributed by atoms with E-state index in [1.54, 1.807) is 6.07 Å². The van der Waals surface area contributed by atoms with E-state index >= 15 is 0 Å². The molecule has 0 fully saturated rings. The van der Waals surface area contributed by atoms with E-state index in [-0.39, 0.29) is 26.8 Å². The zero-order valence-electron chi connectivity index (χ0n) is 12.7. The molecule has 2 rings (SSSR count). The highest BCUT2D eigenvalue weighted by atomic mass is 35.5. The van der Waals surface area contributed by atoms with E-state index in [2.05, 4.69) is 15.6 Å². The number of halogens is 3. The van der Waals surface area contributed by atoms with Crippen LogP contribution < -0.4 is 10.6 Å². The van der Waals surface area contributed by atoms with Crippen molar-refractivity contribution in [2.45, 2.75) is 13.3 Å². The van der Waals surface area contributed by atoms with Crippen LogP contribution in [-0.2, 0) is 0 Å². The first kappa shape index (κ1) is 18.5. The Morgan fingerprint density at radius 1 is 1.04 bits per heavy atom. The molecule has 24 heavy (non-hydrogen) atoms. The molecular weight excluding hydrogens is 373 g/mol. The van der Waals surface area contributed by atoms with Crippen molar-refractivity contribution in [3.8, 4) is 0 Å². The molecule has 0 unspecified atom stereocenters. The molecule has 126 valence electrons. The molecule has 0 atom stereocenters. The summed E-state index contributed by atoms with van der Waals surface area (Å²) in [7, 11) is 0. The molecular formula is C16H14Cl3N3O2. The molecule has 0 bridgehead atoms. The van der Waals surface area contributed by atoms with Crippen LogP contribution in [0.2, 0.25) is 15.2 Å². The number of hydrogen-bond acceptors (Lipinski definition) is 3. The Morgan fingerprint density at radius 3 is 2.46 bits per heavy atom. The molecule has 2 N–H and O–H groups in total. The zero-order chi connectivity index (χ0) is 17.7. The third-order valence-corrected chi connectivity index (χ3v) is 3.86. The maximum absolute atomic E-state index is 12.2. The Morgan fingerprint density at radius 2 is 1.79 bits per heavy atom. The summed E-state index contributed by atoms with van der Waals surface area (Å²) in [5, 5.41) is 5.92. The van der Waals surface area contributed by atoms with Gasteiger partial charge in [-0.15, -0.1) is 0 Å². The van der Waals surface area contributed by atoms with E-state index in [0.29, 0.717) is 17.8 Å². The predicted molar refractivity (Wildman–Crippen MR) is 96.3 cm³/mol. The number of carbonyl (C=O) groups is 2. The van der Waals surface area contributed by atoms with E-state index in [1.807, 2.05) is 6.92 Å². The molecule has 0 aliphatic carbocycles. The molecule has 0 radical (unpaired) electrons. The lowest BCUT2D eigenvalue weighted by Crippen LogP contribution is -2.24. The molecule has 0 aliphatic rings. The van der Waals surface area contributed by atoms with Gasteiger partial charge >= 0.3 is 0 Å². The summed E-state index contributed by atoms with van der Waals surface area (Å²) in [6, 6.07) is 7.57. The van der Waals surface area contributed by atoms with E-state index in [0.717, 1.165) is 6.42 Å². The van der Waals surface area contributed by atoms with Gasteiger partial charge in [-0.25, -0.2) is 4.98 Å². The third-order valence-electron chi connectivity index (χ3n) is 3.03. The number of anilines is 1. The minimum atomic E-state index is -0.526. The first-order chi connectivity index (χ1) is 11.4. The summed E-state index contributed by atoms with van der Waals surface area (Å²) in [6.45, 7) is 2.52. The second kappa shape index (κ2) is 8.33. The fourth-order valence-corrected chi connectivity index (χ4v) is 2.48. The number of amides is 2. The Bertz CT molecular complexity index is 781. The maximum atomic E-state index is 12.2. The van der Waals surface area contributed by atoms with E-state index in [4.69, 9.17) is 34.8 Å². The molecule has 0 aliphatic heterocycles. The third kappa shape index (κ3) is 4.60. The van der Waals surface area contributed by atoms with Gasteiger partial charge in [0.25, 0.3) is 11.8 Å². The lowest BCUT2D eigenvalue weighted by atomic mass is 10.2. The summed E-state index contributed by atoms with van der Waals surface area (Å²) < 4.78 is 0.